The molecule has 208 valence electrons. The molecule has 0 bridgehead atoms. The number of amides is 1. The van der Waals surface area contributed by atoms with E-state index in [1.165, 1.54) is 0 Å². The molecule has 0 aliphatic carbocycles. The Bertz CT molecular complexity index is 1430. The molecule has 8 heteroatoms. The molecule has 0 radical (unpaired) electrons. The lowest BCUT2D eigenvalue weighted by atomic mass is 9.87. The number of hydrogen-bond donors (Lipinski definition) is 3. The number of nitrogens with zero attached hydrogens (tertiary/aromatic N) is 2. The Hall–Kier alpha value is -4.59. The molecule has 0 fully saturated rings. The zero-order chi connectivity index (χ0) is 28.7. The average Bonchev–Trinajstić information content (AvgIpc) is 2.92. The zero-order valence-electron chi connectivity index (χ0n) is 24.0. The minimum absolute atomic E-state index is 0.000415. The van der Waals surface area contributed by atoms with Crippen LogP contribution in [-0.2, 0) is 5.41 Å². The van der Waals surface area contributed by atoms with E-state index >= 15 is 0 Å². The predicted molar refractivity (Wildman–Crippen MR) is 162 cm³/mol. The number of nitrogens with one attached hydrogen (secondary N) is 3. The monoisotopic (exact) mass is 539 g/mol. The summed E-state index contributed by atoms with van der Waals surface area (Å²) < 4.78 is 11.1. The first-order valence-electron chi connectivity index (χ1n) is 13.5. The highest BCUT2D eigenvalue weighted by atomic mass is 16.5. The fourth-order valence-corrected chi connectivity index (χ4v) is 4.04. The number of carbonyl (C=O) groups is 1. The van der Waals surface area contributed by atoms with Crippen LogP contribution in [0.4, 0.5) is 28.8 Å². The topological polar surface area (TPSA) is 97.4 Å². The van der Waals surface area contributed by atoms with E-state index in [4.69, 9.17) is 14.5 Å². The van der Waals surface area contributed by atoms with Gasteiger partial charge >= 0.3 is 0 Å². The van der Waals surface area contributed by atoms with Gasteiger partial charge in [-0.05, 0) is 92.4 Å². The Morgan fingerprint density at radius 1 is 0.750 bits per heavy atom. The first-order chi connectivity index (χ1) is 19.2. The fraction of sp³-hybridized carbons (Fsp3) is 0.281. The summed E-state index contributed by atoms with van der Waals surface area (Å²) in [5.74, 6) is 2.18. The van der Waals surface area contributed by atoms with Gasteiger partial charge in [0.25, 0.3) is 5.91 Å². The Labute approximate surface area is 236 Å². The van der Waals surface area contributed by atoms with Crippen molar-refractivity contribution in [1.29, 1.82) is 0 Å². The number of aromatic nitrogens is 2. The van der Waals surface area contributed by atoms with Gasteiger partial charge in [0.1, 0.15) is 17.2 Å². The van der Waals surface area contributed by atoms with Crippen molar-refractivity contribution in [2.45, 2.75) is 47.0 Å². The van der Waals surface area contributed by atoms with Crippen molar-refractivity contribution in [1.82, 2.24) is 9.97 Å². The van der Waals surface area contributed by atoms with E-state index in [0.717, 1.165) is 28.4 Å². The first-order valence-corrected chi connectivity index (χ1v) is 13.5. The SMILES string of the molecule is CCOc1ccc(Nc2nc(C)c(NC(=O)c3ccc(C(C)(C)C)cc3)c(Nc3ccc(OCC)cc3)n2)cc1. The predicted octanol–water partition coefficient (Wildman–Crippen LogP) is 7.62. The third-order valence-electron chi connectivity index (χ3n) is 6.19. The lowest BCUT2D eigenvalue weighted by Crippen LogP contribution is -2.17. The van der Waals surface area contributed by atoms with E-state index in [1.54, 1.807) is 0 Å². The standard InChI is InChI=1S/C32H37N5O3/c1-7-39-26-17-13-24(14-18-26)34-29-28(36-30(38)22-9-11-23(12-10-22)32(4,5)6)21(3)33-31(37-29)35-25-15-19-27(20-16-25)40-8-2/h9-20H,7-8H2,1-6H3,(H,36,38)(H2,33,34,35,37). The third-order valence-corrected chi connectivity index (χ3v) is 6.19. The lowest BCUT2D eigenvalue weighted by Gasteiger charge is -2.19. The summed E-state index contributed by atoms with van der Waals surface area (Å²) in [6.45, 7) is 13.4. The van der Waals surface area contributed by atoms with Gasteiger partial charge in [-0.15, -0.1) is 0 Å². The van der Waals surface area contributed by atoms with E-state index in [2.05, 4.69) is 41.7 Å². The van der Waals surface area contributed by atoms with Crippen LogP contribution in [0.1, 0.15) is 56.2 Å². The second kappa shape index (κ2) is 12.5. The van der Waals surface area contributed by atoms with E-state index in [9.17, 15) is 4.79 Å². The van der Waals surface area contributed by atoms with Crippen molar-refractivity contribution in [3.63, 3.8) is 0 Å². The van der Waals surface area contributed by atoms with E-state index in [1.807, 2.05) is 93.6 Å². The third kappa shape index (κ3) is 7.28. The summed E-state index contributed by atoms with van der Waals surface area (Å²) in [4.78, 5) is 22.6. The number of benzene rings is 3. The zero-order valence-corrected chi connectivity index (χ0v) is 24.0. The first kappa shape index (κ1) is 28.4. The van der Waals surface area contributed by atoms with Gasteiger partial charge in [-0.2, -0.15) is 4.98 Å². The molecule has 0 saturated heterocycles. The summed E-state index contributed by atoms with van der Waals surface area (Å²) in [5, 5.41) is 9.61. The van der Waals surface area contributed by atoms with Crippen LogP contribution in [-0.4, -0.2) is 29.1 Å². The Kier molecular flexibility index (Phi) is 8.89. The molecule has 8 nitrogen and oxygen atoms in total. The molecule has 40 heavy (non-hydrogen) atoms. The molecule has 1 aromatic heterocycles. The number of hydrogen-bond acceptors (Lipinski definition) is 7. The maximum absolute atomic E-state index is 13.3. The highest BCUT2D eigenvalue weighted by Crippen LogP contribution is 2.30. The van der Waals surface area contributed by atoms with Crippen molar-refractivity contribution < 1.29 is 14.3 Å². The van der Waals surface area contributed by atoms with Gasteiger partial charge < -0.3 is 25.4 Å². The van der Waals surface area contributed by atoms with Crippen LogP contribution < -0.4 is 25.4 Å². The van der Waals surface area contributed by atoms with Crippen molar-refractivity contribution in [3.8, 4) is 11.5 Å². The number of anilines is 5. The molecule has 0 unspecified atom stereocenters. The smallest absolute Gasteiger partial charge is 0.255 e. The second-order valence-electron chi connectivity index (χ2n) is 10.3. The normalized spacial score (nSPS) is 11.1. The minimum atomic E-state index is -0.242. The summed E-state index contributed by atoms with van der Waals surface area (Å²) >= 11 is 0. The van der Waals surface area contributed by atoms with Gasteiger partial charge in [-0.3, -0.25) is 4.79 Å². The maximum Gasteiger partial charge on any atom is 0.255 e. The molecule has 0 aliphatic heterocycles. The molecule has 4 rings (SSSR count). The molecule has 4 aromatic rings. The van der Waals surface area contributed by atoms with E-state index in [-0.39, 0.29) is 11.3 Å². The van der Waals surface area contributed by atoms with Gasteiger partial charge in [0, 0.05) is 16.9 Å². The summed E-state index contributed by atoms with van der Waals surface area (Å²) in [7, 11) is 0. The van der Waals surface area contributed by atoms with Crippen LogP contribution in [0.5, 0.6) is 11.5 Å². The average molecular weight is 540 g/mol. The van der Waals surface area contributed by atoms with E-state index in [0.29, 0.717) is 41.9 Å². The van der Waals surface area contributed by atoms with Crippen molar-refractivity contribution in [2.75, 3.05) is 29.2 Å². The Morgan fingerprint density at radius 3 is 1.77 bits per heavy atom. The molecule has 3 N–H and O–H groups in total. The molecular weight excluding hydrogens is 502 g/mol. The molecule has 3 aromatic carbocycles. The number of rotatable bonds is 10. The Morgan fingerprint density at radius 2 is 1.27 bits per heavy atom. The minimum Gasteiger partial charge on any atom is -0.494 e. The number of carbonyl (C=O) groups excluding carboxylic acids is 1. The van der Waals surface area contributed by atoms with E-state index < -0.39 is 0 Å². The number of ether oxygens (including phenoxy) is 2. The van der Waals surface area contributed by atoms with Crippen LogP contribution in [0.2, 0.25) is 0 Å². The fourth-order valence-electron chi connectivity index (χ4n) is 4.04. The van der Waals surface area contributed by atoms with Gasteiger partial charge in [0.2, 0.25) is 5.95 Å². The van der Waals surface area contributed by atoms with Crippen molar-refractivity contribution in [2.24, 2.45) is 0 Å². The van der Waals surface area contributed by atoms with Crippen molar-refractivity contribution in [3.05, 3.63) is 89.6 Å². The van der Waals surface area contributed by atoms with Gasteiger partial charge in [0.15, 0.2) is 5.82 Å². The summed E-state index contributed by atoms with van der Waals surface area (Å²) in [6.07, 6.45) is 0. The number of aryl methyl sites for hydroxylation is 1. The van der Waals surface area contributed by atoms with Gasteiger partial charge in [0.05, 0.1) is 18.9 Å². The largest absolute Gasteiger partial charge is 0.494 e. The van der Waals surface area contributed by atoms with Gasteiger partial charge in [-0.1, -0.05) is 32.9 Å². The van der Waals surface area contributed by atoms with Crippen LogP contribution in [0.25, 0.3) is 0 Å². The molecule has 0 atom stereocenters. The summed E-state index contributed by atoms with van der Waals surface area (Å²) in [6, 6.07) is 22.8. The van der Waals surface area contributed by atoms with Crippen LogP contribution in [0, 0.1) is 6.92 Å². The maximum atomic E-state index is 13.3. The molecule has 0 spiro atoms. The van der Waals surface area contributed by atoms with Gasteiger partial charge in [-0.25, -0.2) is 4.98 Å². The lowest BCUT2D eigenvalue weighted by molar-refractivity contribution is 0.102. The molecular formula is C32H37N5O3. The highest BCUT2D eigenvalue weighted by molar-refractivity contribution is 6.06. The molecule has 0 saturated carbocycles. The molecule has 0 aliphatic rings. The van der Waals surface area contributed by atoms with Crippen LogP contribution in [0.3, 0.4) is 0 Å². The highest BCUT2D eigenvalue weighted by Gasteiger charge is 2.18. The molecule has 1 amide bonds. The van der Waals surface area contributed by atoms with Crippen molar-refractivity contribution >= 4 is 34.7 Å². The van der Waals surface area contributed by atoms with Crippen LogP contribution >= 0.6 is 0 Å². The quantitative estimate of drug-likeness (QED) is 0.191. The summed E-state index contributed by atoms with van der Waals surface area (Å²) in [5.41, 5.74) is 4.42. The second-order valence-corrected chi connectivity index (χ2v) is 10.3. The van der Waals surface area contributed by atoms with Crippen LogP contribution in [0.15, 0.2) is 72.8 Å². The Balaban J connectivity index is 1.63. The molecule has 1 heterocycles.